The molecule has 17 heteroatoms. The minimum absolute atomic E-state index is 0.0320. The summed E-state index contributed by atoms with van der Waals surface area (Å²) in [7, 11) is 3.50. The minimum Gasteiger partial charge on any atom is -0.475 e. The predicted octanol–water partition coefficient (Wildman–Crippen LogP) is 2.22. The molecule has 0 radical (unpaired) electrons. The summed E-state index contributed by atoms with van der Waals surface area (Å²) in [5, 5.41) is 14.2. The number of ether oxygens (including phenoxy) is 1. The lowest BCUT2D eigenvalue weighted by atomic mass is 9.92. The fourth-order valence-electron chi connectivity index (χ4n) is 3.67. The molecule has 1 saturated heterocycles. The quantitative estimate of drug-likeness (QED) is 0.370. The van der Waals surface area contributed by atoms with E-state index in [4.69, 9.17) is 24.5 Å². The Labute approximate surface area is 212 Å². The molecule has 1 amide bonds. The summed E-state index contributed by atoms with van der Waals surface area (Å²) in [6.07, 6.45) is -4.45. The molecule has 3 N–H and O–H groups in total. The number of methoxy groups -OCH3 is 1. The largest absolute Gasteiger partial charge is 0.490 e. The van der Waals surface area contributed by atoms with Crippen LogP contribution in [0.4, 0.5) is 26.3 Å². The van der Waals surface area contributed by atoms with Crippen molar-refractivity contribution in [2.24, 2.45) is 5.92 Å². The maximum atomic E-state index is 12.7. The number of esters is 1. The van der Waals surface area contributed by atoms with Gasteiger partial charge in [-0.3, -0.25) is 4.79 Å². The Hall–Kier alpha value is -3.37. The highest BCUT2D eigenvalue weighted by atomic mass is 19.4. The number of carboxylic acids is 2. The van der Waals surface area contributed by atoms with E-state index in [0.29, 0.717) is 25.3 Å². The molecule has 0 spiro atoms. The molecule has 3 heterocycles. The third-order valence-corrected chi connectivity index (χ3v) is 5.78. The molecule has 1 fully saturated rings. The summed E-state index contributed by atoms with van der Waals surface area (Å²) in [5.74, 6) is -5.24. The average Bonchev–Trinajstić information content (AvgIpc) is 3.29. The monoisotopic (exact) mass is 562 g/mol. The second-order valence-electron chi connectivity index (χ2n) is 8.48. The first kappa shape index (κ1) is 32.7. The summed E-state index contributed by atoms with van der Waals surface area (Å²) in [4.78, 5) is 53.9. The van der Waals surface area contributed by atoms with Gasteiger partial charge >= 0.3 is 30.3 Å². The molecule has 2 aliphatic rings. The lowest BCUT2D eigenvalue weighted by Crippen LogP contribution is -2.49. The molecular weight excluding hydrogens is 534 g/mol. The van der Waals surface area contributed by atoms with Gasteiger partial charge in [0.25, 0.3) is 0 Å². The number of carboxylic acid groups (broad SMARTS) is 2. The first-order valence-corrected chi connectivity index (χ1v) is 11.1. The van der Waals surface area contributed by atoms with Gasteiger partial charge in [0.1, 0.15) is 6.04 Å². The van der Waals surface area contributed by atoms with E-state index in [1.54, 1.807) is 11.2 Å². The number of hydrogen-bond donors (Lipinski definition) is 3. The Bertz CT molecular complexity index is 935. The first-order chi connectivity index (χ1) is 17.5. The Kier molecular flexibility index (Phi) is 12.0. The van der Waals surface area contributed by atoms with E-state index in [-0.39, 0.29) is 11.9 Å². The zero-order chi connectivity index (χ0) is 29.3. The number of aromatic nitrogens is 2. The number of piperidine rings is 1. The summed E-state index contributed by atoms with van der Waals surface area (Å²) < 4.78 is 68.4. The SMILES string of the molecule is COC(=O)C1Cc2nc[nH]c2CN1C(=O)CCC1CCN(C)CC1.O=C(O)C(F)(F)F.O=C(O)C(F)(F)F. The molecule has 0 aliphatic carbocycles. The van der Waals surface area contributed by atoms with Gasteiger partial charge in [0, 0.05) is 12.8 Å². The van der Waals surface area contributed by atoms with Crippen LogP contribution in [0, 0.1) is 5.92 Å². The number of hydrogen-bond acceptors (Lipinski definition) is 7. The van der Waals surface area contributed by atoms with E-state index in [1.165, 1.54) is 7.11 Å². The zero-order valence-corrected chi connectivity index (χ0v) is 20.4. The van der Waals surface area contributed by atoms with Crippen LogP contribution in [0.25, 0.3) is 0 Å². The number of carbonyl (C=O) groups excluding carboxylic acids is 2. The van der Waals surface area contributed by atoms with Crippen LogP contribution >= 0.6 is 0 Å². The van der Waals surface area contributed by atoms with Crippen molar-refractivity contribution in [2.45, 2.75) is 57.0 Å². The second kappa shape index (κ2) is 14.0. The van der Waals surface area contributed by atoms with Crippen molar-refractivity contribution in [3.63, 3.8) is 0 Å². The highest BCUT2D eigenvalue weighted by molar-refractivity contribution is 5.85. The van der Waals surface area contributed by atoms with Crippen molar-refractivity contribution in [1.29, 1.82) is 0 Å². The minimum atomic E-state index is -5.08. The van der Waals surface area contributed by atoms with Crippen molar-refractivity contribution in [1.82, 2.24) is 19.8 Å². The van der Waals surface area contributed by atoms with Gasteiger partial charge in [-0.15, -0.1) is 0 Å². The smallest absolute Gasteiger partial charge is 0.475 e. The summed E-state index contributed by atoms with van der Waals surface area (Å²) >= 11 is 0. The number of imidazole rings is 1. The summed E-state index contributed by atoms with van der Waals surface area (Å²) in [6.45, 7) is 2.61. The maximum Gasteiger partial charge on any atom is 0.490 e. The van der Waals surface area contributed by atoms with Gasteiger partial charge in [0.05, 0.1) is 31.4 Å². The number of alkyl halides is 6. The van der Waals surface area contributed by atoms with Crippen molar-refractivity contribution in [3.05, 3.63) is 17.7 Å². The molecule has 11 nitrogen and oxygen atoms in total. The Morgan fingerprint density at radius 1 is 1.05 bits per heavy atom. The molecule has 38 heavy (non-hydrogen) atoms. The third-order valence-electron chi connectivity index (χ3n) is 5.78. The van der Waals surface area contributed by atoms with Crippen molar-refractivity contribution in [2.75, 3.05) is 27.2 Å². The van der Waals surface area contributed by atoms with Gasteiger partial charge in [-0.25, -0.2) is 19.4 Å². The van der Waals surface area contributed by atoms with E-state index in [0.717, 1.165) is 43.7 Å². The van der Waals surface area contributed by atoms with Gasteiger partial charge in [0.15, 0.2) is 0 Å². The zero-order valence-electron chi connectivity index (χ0n) is 20.4. The third kappa shape index (κ3) is 10.5. The molecule has 216 valence electrons. The predicted molar refractivity (Wildman–Crippen MR) is 115 cm³/mol. The van der Waals surface area contributed by atoms with E-state index in [9.17, 15) is 35.9 Å². The number of aliphatic carboxylic acids is 2. The number of rotatable bonds is 4. The Balaban J connectivity index is 0.000000426. The number of aromatic amines is 1. The van der Waals surface area contributed by atoms with Gasteiger partial charge < -0.3 is 29.7 Å². The van der Waals surface area contributed by atoms with Crippen LogP contribution in [0.15, 0.2) is 6.33 Å². The standard InChI is InChI=1S/C17H26N4O3.2C2HF3O2/c1-20-7-5-12(6-8-20)3-4-16(22)21-10-14-13(18-11-19-14)9-15(21)17(23)24-2;2*3-2(4,5)1(6)7/h11-12,15H,3-10H2,1-2H3,(H,18,19);2*(H,6,7). The Morgan fingerprint density at radius 2 is 1.55 bits per heavy atom. The van der Waals surface area contributed by atoms with E-state index in [1.807, 2.05) is 0 Å². The molecule has 1 unspecified atom stereocenters. The van der Waals surface area contributed by atoms with E-state index < -0.39 is 30.3 Å². The lowest BCUT2D eigenvalue weighted by Gasteiger charge is -2.34. The van der Waals surface area contributed by atoms with Crippen molar-refractivity contribution >= 4 is 23.8 Å². The number of amides is 1. The number of likely N-dealkylation sites (tertiary alicyclic amines) is 1. The molecule has 1 atom stereocenters. The number of nitrogens with zero attached hydrogens (tertiary/aromatic N) is 3. The van der Waals surface area contributed by atoms with Gasteiger partial charge in [-0.05, 0) is 45.3 Å². The van der Waals surface area contributed by atoms with Gasteiger partial charge in [-0.1, -0.05) is 0 Å². The molecule has 2 aliphatic heterocycles. The molecule has 3 rings (SSSR count). The fraction of sp³-hybridized carbons (Fsp3) is 0.667. The van der Waals surface area contributed by atoms with Crippen LogP contribution in [-0.2, 0) is 36.9 Å². The molecular formula is C21H28F6N4O7. The molecule has 0 bridgehead atoms. The van der Waals surface area contributed by atoms with Crippen molar-refractivity contribution in [3.8, 4) is 0 Å². The van der Waals surface area contributed by atoms with Crippen LogP contribution in [0.3, 0.4) is 0 Å². The molecule has 1 aromatic heterocycles. The summed E-state index contributed by atoms with van der Waals surface area (Å²) in [5.41, 5.74) is 1.77. The van der Waals surface area contributed by atoms with Crippen molar-refractivity contribution < 1.29 is 60.5 Å². The van der Waals surface area contributed by atoms with Crippen LogP contribution in [0.1, 0.15) is 37.1 Å². The van der Waals surface area contributed by atoms with E-state index in [2.05, 4.69) is 21.9 Å². The molecule has 0 aromatic carbocycles. The number of carbonyl (C=O) groups is 4. The average molecular weight is 562 g/mol. The fourth-order valence-corrected chi connectivity index (χ4v) is 3.67. The van der Waals surface area contributed by atoms with Crippen LogP contribution < -0.4 is 0 Å². The van der Waals surface area contributed by atoms with Gasteiger partial charge in [0.2, 0.25) is 5.91 Å². The highest BCUT2D eigenvalue weighted by Gasteiger charge is 2.39. The number of H-pyrrole nitrogens is 1. The second-order valence-corrected chi connectivity index (χ2v) is 8.48. The number of fused-ring (bicyclic) bond motifs is 1. The van der Waals surface area contributed by atoms with E-state index >= 15 is 0 Å². The topological polar surface area (TPSA) is 153 Å². The van der Waals surface area contributed by atoms with Crippen LogP contribution in [-0.4, -0.2) is 99.4 Å². The molecule has 1 aromatic rings. The normalized spacial score (nSPS) is 18.2. The van der Waals surface area contributed by atoms with Crippen LogP contribution in [0.2, 0.25) is 0 Å². The summed E-state index contributed by atoms with van der Waals surface area (Å²) in [6, 6.07) is -0.559. The molecule has 0 saturated carbocycles. The van der Waals surface area contributed by atoms with Gasteiger partial charge in [-0.2, -0.15) is 26.3 Å². The first-order valence-electron chi connectivity index (χ1n) is 11.1. The number of nitrogens with one attached hydrogen (secondary N) is 1. The highest BCUT2D eigenvalue weighted by Crippen LogP contribution is 2.25. The lowest BCUT2D eigenvalue weighted by molar-refractivity contribution is -0.193. The number of halogens is 6. The van der Waals surface area contributed by atoms with Crippen LogP contribution in [0.5, 0.6) is 0 Å². The Morgan fingerprint density at radius 3 is 2.00 bits per heavy atom. The maximum absolute atomic E-state index is 12.7.